The molecule has 7 heteroatoms. The summed E-state index contributed by atoms with van der Waals surface area (Å²) in [6.45, 7) is 1.25. The van der Waals surface area contributed by atoms with Crippen LogP contribution in [0.1, 0.15) is 21.6 Å². The van der Waals surface area contributed by atoms with Crippen molar-refractivity contribution >= 4 is 28.1 Å². The maximum atomic E-state index is 13.4. The highest BCUT2D eigenvalue weighted by atomic mass is 32.1. The SMILES string of the molecule is O=C(c1csc(Nc2ccc3c(c2)OCO3)n1)N(Cc1ccccc1)Cc1ccccc1. The number of benzene rings is 3. The molecule has 5 rings (SSSR count). The molecule has 1 amide bonds. The molecule has 2 heterocycles. The molecule has 3 aromatic carbocycles. The number of amides is 1. The lowest BCUT2D eigenvalue weighted by atomic mass is 10.1. The van der Waals surface area contributed by atoms with Gasteiger partial charge >= 0.3 is 0 Å². The van der Waals surface area contributed by atoms with Crippen molar-refractivity contribution in [1.29, 1.82) is 0 Å². The molecule has 0 bridgehead atoms. The van der Waals surface area contributed by atoms with Crippen LogP contribution in [0.15, 0.2) is 84.2 Å². The van der Waals surface area contributed by atoms with Gasteiger partial charge in [0.1, 0.15) is 5.69 Å². The van der Waals surface area contributed by atoms with E-state index in [1.165, 1.54) is 11.3 Å². The Morgan fingerprint density at radius 2 is 1.56 bits per heavy atom. The van der Waals surface area contributed by atoms with Gasteiger partial charge in [0.15, 0.2) is 16.6 Å². The third kappa shape index (κ3) is 4.58. The average Bonchev–Trinajstić information content (AvgIpc) is 3.49. The molecular formula is C25H21N3O3S. The van der Waals surface area contributed by atoms with E-state index < -0.39 is 0 Å². The topological polar surface area (TPSA) is 63.7 Å². The standard InChI is InChI=1S/C25H21N3O3S/c29-24(28(14-18-7-3-1-4-8-18)15-19-9-5-2-6-10-19)21-16-32-25(27-21)26-20-11-12-22-23(13-20)31-17-30-22/h1-13,16H,14-15,17H2,(H,26,27). The number of anilines is 2. The van der Waals surface area contributed by atoms with Crippen LogP contribution in [0.4, 0.5) is 10.8 Å². The smallest absolute Gasteiger partial charge is 0.274 e. The zero-order chi connectivity index (χ0) is 21.8. The summed E-state index contributed by atoms with van der Waals surface area (Å²) in [6.07, 6.45) is 0. The van der Waals surface area contributed by atoms with Crippen LogP contribution in [0.2, 0.25) is 0 Å². The van der Waals surface area contributed by atoms with Crippen LogP contribution in [0.3, 0.4) is 0 Å². The predicted molar refractivity (Wildman–Crippen MR) is 124 cm³/mol. The van der Waals surface area contributed by atoms with E-state index in [4.69, 9.17) is 9.47 Å². The predicted octanol–water partition coefficient (Wildman–Crippen LogP) is 5.46. The van der Waals surface area contributed by atoms with Gasteiger partial charge in [-0.25, -0.2) is 4.98 Å². The molecule has 0 saturated heterocycles. The van der Waals surface area contributed by atoms with Gasteiger partial charge in [0.05, 0.1) is 0 Å². The molecule has 0 radical (unpaired) electrons. The molecule has 1 aliphatic rings. The minimum Gasteiger partial charge on any atom is -0.454 e. The normalized spacial score (nSPS) is 11.9. The molecule has 0 aliphatic carbocycles. The Kier molecular flexibility index (Phi) is 5.72. The van der Waals surface area contributed by atoms with Gasteiger partial charge < -0.3 is 19.7 Å². The van der Waals surface area contributed by atoms with Crippen LogP contribution < -0.4 is 14.8 Å². The van der Waals surface area contributed by atoms with Crippen LogP contribution in [0, 0.1) is 0 Å². The largest absolute Gasteiger partial charge is 0.454 e. The van der Waals surface area contributed by atoms with E-state index in [2.05, 4.69) is 10.3 Å². The third-order valence-corrected chi connectivity index (χ3v) is 5.82. The Balaban J connectivity index is 1.34. The summed E-state index contributed by atoms with van der Waals surface area (Å²) < 4.78 is 10.8. The molecule has 1 aromatic heterocycles. The fraction of sp³-hybridized carbons (Fsp3) is 0.120. The molecular weight excluding hydrogens is 422 g/mol. The monoisotopic (exact) mass is 443 g/mol. The van der Waals surface area contributed by atoms with Crippen molar-refractivity contribution in [2.24, 2.45) is 0 Å². The van der Waals surface area contributed by atoms with Gasteiger partial charge in [-0.05, 0) is 23.3 Å². The minimum absolute atomic E-state index is 0.104. The highest BCUT2D eigenvalue weighted by Crippen LogP contribution is 2.35. The first kappa shape index (κ1) is 20.1. The summed E-state index contributed by atoms with van der Waals surface area (Å²) in [4.78, 5) is 19.7. The number of carbonyl (C=O) groups excluding carboxylic acids is 1. The summed E-state index contributed by atoms with van der Waals surface area (Å²) in [5, 5.41) is 5.69. The molecule has 1 N–H and O–H groups in total. The lowest BCUT2D eigenvalue weighted by Crippen LogP contribution is -2.30. The highest BCUT2D eigenvalue weighted by molar-refractivity contribution is 7.14. The maximum absolute atomic E-state index is 13.4. The van der Waals surface area contributed by atoms with E-state index in [1.54, 1.807) is 5.38 Å². The van der Waals surface area contributed by atoms with Crippen molar-refractivity contribution in [3.63, 3.8) is 0 Å². The van der Waals surface area contributed by atoms with E-state index in [0.29, 0.717) is 29.7 Å². The zero-order valence-electron chi connectivity index (χ0n) is 17.2. The third-order valence-electron chi connectivity index (χ3n) is 5.07. The fourth-order valence-electron chi connectivity index (χ4n) is 3.50. The lowest BCUT2D eigenvalue weighted by Gasteiger charge is -2.22. The van der Waals surface area contributed by atoms with Gasteiger partial charge in [-0.1, -0.05) is 60.7 Å². The molecule has 0 unspecified atom stereocenters. The molecule has 4 aromatic rings. The van der Waals surface area contributed by atoms with Gasteiger partial charge in [-0.15, -0.1) is 11.3 Å². The molecule has 32 heavy (non-hydrogen) atoms. The van der Waals surface area contributed by atoms with Crippen LogP contribution >= 0.6 is 11.3 Å². The average molecular weight is 444 g/mol. The van der Waals surface area contributed by atoms with Crippen molar-refractivity contribution in [3.05, 3.63) is 101 Å². The van der Waals surface area contributed by atoms with E-state index in [1.807, 2.05) is 83.8 Å². The number of nitrogens with one attached hydrogen (secondary N) is 1. The number of rotatable bonds is 7. The summed E-state index contributed by atoms with van der Waals surface area (Å²) >= 11 is 1.39. The number of thiazole rings is 1. The van der Waals surface area contributed by atoms with E-state index >= 15 is 0 Å². The number of aromatic nitrogens is 1. The molecule has 0 saturated carbocycles. The molecule has 0 fully saturated rings. The first-order valence-corrected chi connectivity index (χ1v) is 11.1. The first-order chi connectivity index (χ1) is 15.7. The van der Waals surface area contributed by atoms with Crippen molar-refractivity contribution in [3.8, 4) is 11.5 Å². The van der Waals surface area contributed by atoms with Crippen LogP contribution in [0.25, 0.3) is 0 Å². The Morgan fingerprint density at radius 3 is 2.25 bits per heavy atom. The molecule has 0 spiro atoms. The number of carbonyl (C=O) groups is 1. The Labute approximate surface area is 190 Å². The minimum atomic E-state index is -0.104. The van der Waals surface area contributed by atoms with Gasteiger partial charge in [0.2, 0.25) is 6.79 Å². The first-order valence-electron chi connectivity index (χ1n) is 10.2. The van der Waals surface area contributed by atoms with Crippen LogP contribution in [-0.4, -0.2) is 22.6 Å². The number of hydrogen-bond donors (Lipinski definition) is 1. The van der Waals surface area contributed by atoms with Gasteiger partial charge in [-0.2, -0.15) is 0 Å². The summed E-state index contributed by atoms with van der Waals surface area (Å²) in [5.74, 6) is 1.32. The van der Waals surface area contributed by atoms with Gasteiger partial charge in [0.25, 0.3) is 5.91 Å². The highest BCUT2D eigenvalue weighted by Gasteiger charge is 2.20. The van der Waals surface area contributed by atoms with Crippen molar-refractivity contribution in [2.75, 3.05) is 12.1 Å². The number of fused-ring (bicyclic) bond motifs is 1. The van der Waals surface area contributed by atoms with Crippen molar-refractivity contribution in [2.45, 2.75) is 13.1 Å². The Bertz CT molecular complexity index is 1170. The summed E-state index contributed by atoms with van der Waals surface area (Å²) in [5.41, 5.74) is 3.40. The fourth-order valence-corrected chi connectivity index (χ4v) is 4.20. The van der Waals surface area contributed by atoms with Crippen molar-refractivity contribution in [1.82, 2.24) is 9.88 Å². The number of nitrogens with zero attached hydrogens (tertiary/aromatic N) is 2. The maximum Gasteiger partial charge on any atom is 0.274 e. The van der Waals surface area contributed by atoms with Crippen LogP contribution in [0.5, 0.6) is 11.5 Å². The second kappa shape index (κ2) is 9.11. The molecule has 1 aliphatic heterocycles. The quantitative estimate of drug-likeness (QED) is 0.411. The van der Waals surface area contributed by atoms with E-state index in [-0.39, 0.29) is 12.7 Å². The zero-order valence-corrected chi connectivity index (χ0v) is 18.0. The van der Waals surface area contributed by atoms with E-state index in [9.17, 15) is 4.79 Å². The number of hydrogen-bond acceptors (Lipinski definition) is 6. The molecule has 6 nitrogen and oxygen atoms in total. The van der Waals surface area contributed by atoms with Crippen molar-refractivity contribution < 1.29 is 14.3 Å². The summed E-state index contributed by atoms with van der Waals surface area (Å²) in [6, 6.07) is 25.6. The number of ether oxygens (including phenoxy) is 2. The second-order valence-electron chi connectivity index (χ2n) is 7.36. The van der Waals surface area contributed by atoms with Gasteiger partial charge in [-0.3, -0.25) is 4.79 Å². The summed E-state index contributed by atoms with van der Waals surface area (Å²) in [7, 11) is 0. The molecule has 0 atom stereocenters. The lowest BCUT2D eigenvalue weighted by molar-refractivity contribution is 0.0725. The van der Waals surface area contributed by atoms with E-state index in [0.717, 1.165) is 22.6 Å². The van der Waals surface area contributed by atoms with Gasteiger partial charge in [0, 0.05) is 30.2 Å². The Morgan fingerprint density at radius 1 is 0.906 bits per heavy atom. The molecule has 160 valence electrons. The Hall–Kier alpha value is -3.84. The van der Waals surface area contributed by atoms with Crippen LogP contribution in [-0.2, 0) is 13.1 Å². The second-order valence-corrected chi connectivity index (χ2v) is 8.22.